The summed E-state index contributed by atoms with van der Waals surface area (Å²) >= 11 is 6.24. The Balaban J connectivity index is 2.23. The standard InChI is InChI=1S/C20H20ClN5O3/c1-6-9-24-18(27)16-17(23(4)20(24)28)22-19-25(11(2)12(3)26(16)19)14-10-13(21)7-8-15(14)29-5/h6-8,10H,1,9H2,2-5H3. The number of methoxy groups -OCH3 is 1. The van der Waals surface area contributed by atoms with Crippen LogP contribution in [0.5, 0.6) is 5.75 Å². The van der Waals surface area contributed by atoms with Crippen molar-refractivity contribution in [1.82, 2.24) is 23.1 Å². The second-order valence-electron chi connectivity index (χ2n) is 6.79. The molecule has 29 heavy (non-hydrogen) atoms. The van der Waals surface area contributed by atoms with Gasteiger partial charge in [-0.1, -0.05) is 17.7 Å². The Bertz CT molecular complexity index is 1420. The van der Waals surface area contributed by atoms with Gasteiger partial charge in [-0.3, -0.25) is 22.9 Å². The smallest absolute Gasteiger partial charge is 0.332 e. The number of nitrogens with zero attached hydrogens (tertiary/aromatic N) is 5. The molecule has 0 saturated carbocycles. The Hall–Kier alpha value is -3.26. The summed E-state index contributed by atoms with van der Waals surface area (Å²) < 4.78 is 11.7. The third-order valence-electron chi connectivity index (χ3n) is 5.21. The largest absolute Gasteiger partial charge is 0.495 e. The minimum Gasteiger partial charge on any atom is -0.495 e. The van der Waals surface area contributed by atoms with Gasteiger partial charge in [0.25, 0.3) is 5.56 Å². The second-order valence-corrected chi connectivity index (χ2v) is 7.22. The molecule has 0 spiro atoms. The van der Waals surface area contributed by atoms with Gasteiger partial charge in [-0.25, -0.2) is 4.79 Å². The Morgan fingerprint density at radius 3 is 2.62 bits per heavy atom. The van der Waals surface area contributed by atoms with Crippen LogP contribution in [-0.2, 0) is 13.6 Å². The molecule has 0 atom stereocenters. The van der Waals surface area contributed by atoms with E-state index in [-0.39, 0.29) is 6.54 Å². The van der Waals surface area contributed by atoms with Crippen molar-refractivity contribution in [2.24, 2.45) is 7.05 Å². The molecule has 3 aromatic heterocycles. The summed E-state index contributed by atoms with van der Waals surface area (Å²) in [5.74, 6) is 1.11. The van der Waals surface area contributed by atoms with E-state index in [2.05, 4.69) is 11.6 Å². The molecule has 150 valence electrons. The van der Waals surface area contributed by atoms with Crippen molar-refractivity contribution in [3.05, 3.63) is 68.1 Å². The highest BCUT2D eigenvalue weighted by Gasteiger charge is 2.24. The van der Waals surface area contributed by atoms with Crippen molar-refractivity contribution < 1.29 is 4.74 Å². The fourth-order valence-corrected chi connectivity index (χ4v) is 3.83. The lowest BCUT2D eigenvalue weighted by Crippen LogP contribution is -2.39. The lowest BCUT2D eigenvalue weighted by Gasteiger charge is -2.12. The topological polar surface area (TPSA) is 75.5 Å². The number of ether oxygens (including phenoxy) is 1. The summed E-state index contributed by atoms with van der Waals surface area (Å²) in [4.78, 5) is 30.4. The molecule has 0 aliphatic rings. The van der Waals surface area contributed by atoms with E-state index in [4.69, 9.17) is 16.3 Å². The van der Waals surface area contributed by atoms with Gasteiger partial charge in [0.05, 0.1) is 12.8 Å². The maximum absolute atomic E-state index is 13.1. The molecule has 1 aromatic carbocycles. The van der Waals surface area contributed by atoms with E-state index >= 15 is 0 Å². The molecule has 0 bridgehead atoms. The summed E-state index contributed by atoms with van der Waals surface area (Å²) in [6, 6.07) is 5.30. The van der Waals surface area contributed by atoms with Crippen LogP contribution in [0.2, 0.25) is 5.02 Å². The molecule has 0 N–H and O–H groups in total. The average molecular weight is 414 g/mol. The quantitative estimate of drug-likeness (QED) is 0.482. The van der Waals surface area contributed by atoms with E-state index in [1.54, 1.807) is 36.8 Å². The number of hydrogen-bond acceptors (Lipinski definition) is 4. The predicted molar refractivity (Wildman–Crippen MR) is 113 cm³/mol. The first-order chi connectivity index (χ1) is 13.8. The fourth-order valence-electron chi connectivity index (χ4n) is 3.67. The van der Waals surface area contributed by atoms with Gasteiger partial charge in [-0.2, -0.15) is 4.98 Å². The van der Waals surface area contributed by atoms with Crippen LogP contribution in [0.4, 0.5) is 0 Å². The van der Waals surface area contributed by atoms with Crippen LogP contribution in [0.3, 0.4) is 0 Å². The van der Waals surface area contributed by atoms with Gasteiger partial charge in [-0.05, 0) is 32.0 Å². The average Bonchev–Trinajstić information content (AvgIpc) is 3.19. The molecule has 0 radical (unpaired) electrons. The molecule has 9 heteroatoms. The van der Waals surface area contributed by atoms with E-state index in [1.165, 1.54) is 10.6 Å². The summed E-state index contributed by atoms with van der Waals surface area (Å²) in [6.07, 6.45) is 1.52. The van der Waals surface area contributed by atoms with Crippen molar-refractivity contribution in [2.45, 2.75) is 20.4 Å². The number of aromatic nitrogens is 5. The molecule has 0 amide bonds. The maximum Gasteiger partial charge on any atom is 0.332 e. The van der Waals surface area contributed by atoms with E-state index in [0.717, 1.165) is 16.0 Å². The number of imidazole rings is 2. The molecule has 0 saturated heterocycles. The molecular weight excluding hydrogens is 394 g/mol. The first-order valence-electron chi connectivity index (χ1n) is 8.96. The normalized spacial score (nSPS) is 11.5. The molecule has 3 heterocycles. The number of rotatable bonds is 4. The van der Waals surface area contributed by atoms with Crippen molar-refractivity contribution in [2.75, 3.05) is 7.11 Å². The van der Waals surface area contributed by atoms with Crippen LogP contribution in [0.25, 0.3) is 22.6 Å². The number of hydrogen-bond donors (Lipinski definition) is 0. The van der Waals surface area contributed by atoms with Crippen LogP contribution in [0.15, 0.2) is 40.4 Å². The highest BCUT2D eigenvalue weighted by atomic mass is 35.5. The number of allylic oxidation sites excluding steroid dienone is 1. The maximum atomic E-state index is 13.1. The highest BCUT2D eigenvalue weighted by Crippen LogP contribution is 2.31. The zero-order valence-corrected chi connectivity index (χ0v) is 17.3. The third kappa shape index (κ3) is 2.56. The monoisotopic (exact) mass is 413 g/mol. The molecule has 4 rings (SSSR count). The van der Waals surface area contributed by atoms with Gasteiger partial charge in [0.15, 0.2) is 11.2 Å². The third-order valence-corrected chi connectivity index (χ3v) is 5.45. The molecule has 0 fully saturated rings. The molecule has 0 unspecified atom stereocenters. The van der Waals surface area contributed by atoms with Crippen LogP contribution >= 0.6 is 11.6 Å². The van der Waals surface area contributed by atoms with Gasteiger partial charge in [0.1, 0.15) is 5.75 Å². The highest BCUT2D eigenvalue weighted by molar-refractivity contribution is 6.30. The van der Waals surface area contributed by atoms with E-state index in [9.17, 15) is 9.59 Å². The zero-order valence-electron chi connectivity index (χ0n) is 16.6. The van der Waals surface area contributed by atoms with Gasteiger partial charge in [0.2, 0.25) is 5.78 Å². The Morgan fingerprint density at radius 2 is 1.97 bits per heavy atom. The summed E-state index contributed by atoms with van der Waals surface area (Å²) in [5.41, 5.74) is 2.20. The number of halogens is 1. The SMILES string of the molecule is C=CCn1c(=O)c2c(nc3n(-c4cc(Cl)ccc4OC)c(C)c(C)n23)n(C)c1=O. The summed E-state index contributed by atoms with van der Waals surface area (Å²) in [7, 11) is 3.18. The van der Waals surface area contributed by atoms with E-state index in [1.807, 2.05) is 18.4 Å². The van der Waals surface area contributed by atoms with Crippen molar-refractivity contribution in [1.29, 1.82) is 0 Å². The Labute approximate surface area is 170 Å². The predicted octanol–water partition coefficient (Wildman–Crippen LogP) is 2.60. The van der Waals surface area contributed by atoms with Gasteiger partial charge in [-0.15, -0.1) is 6.58 Å². The summed E-state index contributed by atoms with van der Waals surface area (Å²) in [5, 5.41) is 0.543. The van der Waals surface area contributed by atoms with E-state index < -0.39 is 11.2 Å². The number of fused-ring (bicyclic) bond motifs is 3. The first-order valence-corrected chi connectivity index (χ1v) is 9.34. The van der Waals surface area contributed by atoms with Crippen molar-refractivity contribution in [3.63, 3.8) is 0 Å². The Kier molecular flexibility index (Phi) is 4.38. The van der Waals surface area contributed by atoms with Crippen LogP contribution in [-0.4, -0.2) is 30.2 Å². The lowest BCUT2D eigenvalue weighted by molar-refractivity contribution is 0.413. The van der Waals surface area contributed by atoms with Crippen LogP contribution in [0, 0.1) is 13.8 Å². The molecule has 0 aliphatic carbocycles. The Morgan fingerprint density at radius 1 is 1.24 bits per heavy atom. The zero-order chi connectivity index (χ0) is 21.0. The molecule has 4 aromatic rings. The first kappa shape index (κ1) is 19.1. The van der Waals surface area contributed by atoms with Gasteiger partial charge >= 0.3 is 5.69 Å². The number of aryl methyl sites for hydroxylation is 2. The molecular formula is C20H20ClN5O3. The van der Waals surface area contributed by atoms with Gasteiger partial charge < -0.3 is 4.74 Å². The number of benzene rings is 1. The van der Waals surface area contributed by atoms with Crippen LogP contribution in [0.1, 0.15) is 11.4 Å². The minimum atomic E-state index is -0.440. The van der Waals surface area contributed by atoms with Crippen LogP contribution < -0.4 is 16.0 Å². The molecule has 8 nitrogen and oxygen atoms in total. The second kappa shape index (κ2) is 6.66. The fraction of sp³-hybridized carbons (Fsp3) is 0.250. The lowest BCUT2D eigenvalue weighted by atomic mass is 10.2. The van der Waals surface area contributed by atoms with Crippen molar-refractivity contribution >= 4 is 28.5 Å². The van der Waals surface area contributed by atoms with Crippen molar-refractivity contribution in [3.8, 4) is 11.4 Å². The summed E-state index contributed by atoms with van der Waals surface area (Å²) in [6.45, 7) is 7.59. The minimum absolute atomic E-state index is 0.121. The van der Waals surface area contributed by atoms with E-state index in [0.29, 0.717) is 33.4 Å². The molecule has 0 aliphatic heterocycles. The van der Waals surface area contributed by atoms with Gasteiger partial charge in [0, 0.05) is 30.0 Å².